The van der Waals surface area contributed by atoms with Crippen molar-refractivity contribution < 1.29 is 14.4 Å². The number of hydrogen-bond donors (Lipinski definition) is 0. The fourth-order valence-electron chi connectivity index (χ4n) is 3.16. The fourth-order valence-corrected chi connectivity index (χ4v) is 3.16. The number of rotatable bonds is 0. The Bertz CT molecular complexity index is 636. The van der Waals surface area contributed by atoms with Gasteiger partial charge < -0.3 is 14.7 Å². The molecule has 2 aliphatic heterocycles. The van der Waals surface area contributed by atoms with Crippen molar-refractivity contribution in [3.05, 3.63) is 35.4 Å². The van der Waals surface area contributed by atoms with Gasteiger partial charge in [0.25, 0.3) is 0 Å². The van der Waals surface area contributed by atoms with E-state index in [-0.39, 0.29) is 5.91 Å². The summed E-state index contributed by atoms with van der Waals surface area (Å²) in [6.45, 7) is 4.44. The molecule has 3 amide bonds. The van der Waals surface area contributed by atoms with Crippen LogP contribution in [-0.4, -0.2) is 65.1 Å². The smallest absolute Gasteiger partial charge is 0.312 e. The molecule has 6 heteroatoms. The Hall–Kier alpha value is -2.37. The predicted octanol–water partition coefficient (Wildman–Crippen LogP) is 0.262. The van der Waals surface area contributed by atoms with Crippen LogP contribution in [0.3, 0.4) is 0 Å². The standard InChI is InChI=1S/C17H21N3O3/c1-13(21)18-8-10-19(11-9-18)16(22)17(23)20-7-6-14-4-2-3-5-15(14)12-20/h2-5H,6-12H2,1H3. The number of fused-ring (bicyclic) bond motifs is 1. The Morgan fingerprint density at radius 1 is 0.783 bits per heavy atom. The van der Waals surface area contributed by atoms with Gasteiger partial charge in [-0.15, -0.1) is 0 Å². The van der Waals surface area contributed by atoms with Crippen LogP contribution in [0.2, 0.25) is 0 Å². The first-order chi connectivity index (χ1) is 11.1. The van der Waals surface area contributed by atoms with Crippen LogP contribution in [0, 0.1) is 0 Å². The van der Waals surface area contributed by atoms with Crippen LogP contribution in [0.15, 0.2) is 24.3 Å². The van der Waals surface area contributed by atoms with Crippen LogP contribution >= 0.6 is 0 Å². The lowest BCUT2D eigenvalue weighted by Crippen LogP contribution is -2.54. The number of nitrogens with zero attached hydrogens (tertiary/aromatic N) is 3. The van der Waals surface area contributed by atoms with E-state index in [2.05, 4.69) is 6.07 Å². The zero-order valence-electron chi connectivity index (χ0n) is 13.3. The zero-order chi connectivity index (χ0) is 16.4. The van der Waals surface area contributed by atoms with Gasteiger partial charge in [0.15, 0.2) is 0 Å². The molecule has 6 nitrogen and oxygen atoms in total. The molecule has 122 valence electrons. The first-order valence-corrected chi connectivity index (χ1v) is 7.97. The van der Waals surface area contributed by atoms with Crippen LogP contribution in [0.5, 0.6) is 0 Å². The molecule has 1 aromatic carbocycles. The normalized spacial score (nSPS) is 17.7. The predicted molar refractivity (Wildman–Crippen MR) is 84.4 cm³/mol. The van der Waals surface area contributed by atoms with Gasteiger partial charge in [-0.05, 0) is 17.5 Å². The Morgan fingerprint density at radius 2 is 1.35 bits per heavy atom. The Kier molecular flexibility index (Phi) is 4.32. The SMILES string of the molecule is CC(=O)N1CCN(C(=O)C(=O)N2CCc3ccccc3C2)CC1. The third kappa shape index (κ3) is 3.21. The summed E-state index contributed by atoms with van der Waals surface area (Å²) in [6, 6.07) is 8.02. The van der Waals surface area contributed by atoms with Crippen molar-refractivity contribution in [3.8, 4) is 0 Å². The minimum Gasteiger partial charge on any atom is -0.339 e. The summed E-state index contributed by atoms with van der Waals surface area (Å²) >= 11 is 0. The summed E-state index contributed by atoms with van der Waals surface area (Å²) in [6.07, 6.45) is 0.785. The molecule has 0 aromatic heterocycles. The molecule has 0 aliphatic carbocycles. The second-order valence-corrected chi connectivity index (χ2v) is 6.04. The highest BCUT2D eigenvalue weighted by atomic mass is 16.2. The molecule has 0 N–H and O–H groups in total. The van der Waals surface area contributed by atoms with Crippen molar-refractivity contribution in [1.82, 2.24) is 14.7 Å². The maximum absolute atomic E-state index is 12.5. The summed E-state index contributed by atoms with van der Waals surface area (Å²) in [4.78, 5) is 41.1. The Labute approximate surface area is 135 Å². The van der Waals surface area contributed by atoms with E-state index in [1.807, 2.05) is 18.2 Å². The topological polar surface area (TPSA) is 60.9 Å². The van der Waals surface area contributed by atoms with Gasteiger partial charge in [-0.1, -0.05) is 24.3 Å². The van der Waals surface area contributed by atoms with Gasteiger partial charge in [0, 0.05) is 46.2 Å². The van der Waals surface area contributed by atoms with Gasteiger partial charge in [0.1, 0.15) is 0 Å². The molecule has 0 bridgehead atoms. The number of benzene rings is 1. The van der Waals surface area contributed by atoms with Gasteiger partial charge in [-0.3, -0.25) is 14.4 Å². The number of carbonyl (C=O) groups is 3. The number of carbonyl (C=O) groups excluding carboxylic acids is 3. The Balaban J connectivity index is 1.61. The molecule has 0 radical (unpaired) electrons. The molecule has 1 saturated heterocycles. The first kappa shape index (κ1) is 15.5. The van der Waals surface area contributed by atoms with E-state index in [1.165, 1.54) is 12.5 Å². The molecule has 2 heterocycles. The molecule has 0 spiro atoms. The van der Waals surface area contributed by atoms with Crippen molar-refractivity contribution in [2.75, 3.05) is 32.7 Å². The third-order valence-corrected chi connectivity index (χ3v) is 4.61. The largest absolute Gasteiger partial charge is 0.339 e. The molecule has 1 aromatic rings. The third-order valence-electron chi connectivity index (χ3n) is 4.61. The van der Waals surface area contributed by atoms with Crippen LogP contribution in [0.1, 0.15) is 18.1 Å². The molecular weight excluding hydrogens is 294 g/mol. The zero-order valence-corrected chi connectivity index (χ0v) is 13.3. The van der Waals surface area contributed by atoms with Crippen LogP contribution in [-0.2, 0) is 27.3 Å². The van der Waals surface area contributed by atoms with Crippen molar-refractivity contribution in [2.24, 2.45) is 0 Å². The quantitative estimate of drug-likeness (QED) is 0.645. The van der Waals surface area contributed by atoms with Crippen LogP contribution in [0.4, 0.5) is 0 Å². The van der Waals surface area contributed by atoms with E-state index in [1.54, 1.807) is 14.7 Å². The Morgan fingerprint density at radius 3 is 2.00 bits per heavy atom. The van der Waals surface area contributed by atoms with E-state index in [4.69, 9.17) is 0 Å². The van der Waals surface area contributed by atoms with Crippen LogP contribution < -0.4 is 0 Å². The second-order valence-electron chi connectivity index (χ2n) is 6.04. The van der Waals surface area contributed by atoms with Crippen LogP contribution in [0.25, 0.3) is 0 Å². The molecule has 0 atom stereocenters. The van der Waals surface area contributed by atoms with Crippen molar-refractivity contribution in [3.63, 3.8) is 0 Å². The summed E-state index contributed by atoms with van der Waals surface area (Å²) in [5, 5.41) is 0. The summed E-state index contributed by atoms with van der Waals surface area (Å²) in [7, 11) is 0. The second kappa shape index (κ2) is 6.40. The van der Waals surface area contributed by atoms with Gasteiger partial charge in [0.05, 0.1) is 0 Å². The average molecular weight is 315 g/mol. The minimum atomic E-state index is -0.451. The highest BCUT2D eigenvalue weighted by Crippen LogP contribution is 2.19. The molecule has 0 unspecified atom stereocenters. The molecule has 2 aliphatic rings. The number of amides is 3. The van der Waals surface area contributed by atoms with E-state index in [0.29, 0.717) is 39.3 Å². The van der Waals surface area contributed by atoms with E-state index >= 15 is 0 Å². The monoisotopic (exact) mass is 315 g/mol. The molecular formula is C17H21N3O3. The van der Waals surface area contributed by atoms with E-state index in [0.717, 1.165) is 12.0 Å². The van der Waals surface area contributed by atoms with Gasteiger partial charge >= 0.3 is 11.8 Å². The van der Waals surface area contributed by atoms with Crippen molar-refractivity contribution in [1.29, 1.82) is 0 Å². The fraction of sp³-hybridized carbons (Fsp3) is 0.471. The van der Waals surface area contributed by atoms with E-state index < -0.39 is 11.8 Å². The van der Waals surface area contributed by atoms with Crippen molar-refractivity contribution >= 4 is 17.7 Å². The van der Waals surface area contributed by atoms with E-state index in [9.17, 15) is 14.4 Å². The highest BCUT2D eigenvalue weighted by Gasteiger charge is 2.31. The summed E-state index contributed by atoms with van der Waals surface area (Å²) in [5.41, 5.74) is 2.36. The maximum Gasteiger partial charge on any atom is 0.312 e. The van der Waals surface area contributed by atoms with Gasteiger partial charge in [-0.25, -0.2) is 0 Å². The molecule has 3 rings (SSSR count). The molecule has 0 saturated carbocycles. The van der Waals surface area contributed by atoms with Gasteiger partial charge in [-0.2, -0.15) is 0 Å². The maximum atomic E-state index is 12.5. The first-order valence-electron chi connectivity index (χ1n) is 7.97. The number of piperazine rings is 1. The lowest BCUT2D eigenvalue weighted by Gasteiger charge is -2.35. The lowest BCUT2D eigenvalue weighted by molar-refractivity contribution is -0.154. The molecule has 1 fully saturated rings. The lowest BCUT2D eigenvalue weighted by atomic mass is 10.00. The highest BCUT2D eigenvalue weighted by molar-refractivity contribution is 6.34. The van der Waals surface area contributed by atoms with Crippen molar-refractivity contribution in [2.45, 2.75) is 19.9 Å². The number of hydrogen-bond acceptors (Lipinski definition) is 3. The molecule has 23 heavy (non-hydrogen) atoms. The minimum absolute atomic E-state index is 0.0102. The van der Waals surface area contributed by atoms with Gasteiger partial charge in [0.2, 0.25) is 5.91 Å². The average Bonchev–Trinajstić information content (AvgIpc) is 2.60. The summed E-state index contributed by atoms with van der Waals surface area (Å²) < 4.78 is 0. The summed E-state index contributed by atoms with van der Waals surface area (Å²) in [5.74, 6) is -0.876.